The van der Waals surface area contributed by atoms with E-state index in [2.05, 4.69) is 84.9 Å². The number of fused-ring (bicyclic) bond motifs is 1. The van der Waals surface area contributed by atoms with Crippen LogP contribution in [-0.2, 0) is 5.41 Å². The van der Waals surface area contributed by atoms with Gasteiger partial charge in [0.25, 0.3) is 0 Å². The summed E-state index contributed by atoms with van der Waals surface area (Å²) in [5.74, 6) is 4.84. The van der Waals surface area contributed by atoms with Crippen LogP contribution < -0.4 is 0 Å². The van der Waals surface area contributed by atoms with Crippen LogP contribution >= 0.6 is 0 Å². The molecule has 6 aromatic rings. The van der Waals surface area contributed by atoms with Gasteiger partial charge in [-0.2, -0.15) is 5.26 Å². The predicted octanol–water partition coefficient (Wildman–Crippen LogP) is 10.0. The highest BCUT2D eigenvalue weighted by Gasteiger charge is 2.51. The van der Waals surface area contributed by atoms with Crippen LogP contribution in [0.5, 0.6) is 0 Å². The molecule has 0 unspecified atom stereocenters. The second kappa shape index (κ2) is 10.7. The molecule has 0 radical (unpaired) electrons. The van der Waals surface area contributed by atoms with Crippen molar-refractivity contribution in [3.63, 3.8) is 0 Å². The van der Waals surface area contributed by atoms with E-state index < -0.39 is 0 Å². The molecule has 1 aromatic heterocycles. The Bertz CT molecular complexity index is 2090. The van der Waals surface area contributed by atoms with E-state index in [1.807, 2.05) is 36.4 Å². The van der Waals surface area contributed by atoms with Gasteiger partial charge in [-0.05, 0) is 107 Å². The lowest BCUT2D eigenvalue weighted by atomic mass is 9.48. The van der Waals surface area contributed by atoms with Gasteiger partial charge in [-0.3, -0.25) is 0 Å². The summed E-state index contributed by atoms with van der Waals surface area (Å²) in [6.45, 7) is 0. The Morgan fingerprint density at radius 3 is 1.57 bits per heavy atom. The van der Waals surface area contributed by atoms with Crippen LogP contribution in [0.4, 0.5) is 0 Å². The van der Waals surface area contributed by atoms with Crippen LogP contribution in [0.1, 0.15) is 49.7 Å². The summed E-state index contributed by atoms with van der Waals surface area (Å²) in [5, 5.41) is 11.4. The maximum Gasteiger partial charge on any atom is 0.164 e. The first-order valence-electron chi connectivity index (χ1n) is 16.6. The average molecular weight is 595 g/mol. The fourth-order valence-electron chi connectivity index (χ4n) is 9.09. The van der Waals surface area contributed by atoms with E-state index in [0.717, 1.165) is 56.3 Å². The van der Waals surface area contributed by atoms with Crippen molar-refractivity contribution in [2.45, 2.75) is 43.9 Å². The summed E-state index contributed by atoms with van der Waals surface area (Å²) in [7, 11) is 0. The lowest BCUT2D eigenvalue weighted by Gasteiger charge is -2.57. The zero-order valence-electron chi connectivity index (χ0n) is 25.7. The van der Waals surface area contributed by atoms with E-state index >= 15 is 0 Å². The average Bonchev–Trinajstić information content (AvgIpc) is 3.11. The minimum absolute atomic E-state index is 0.374. The molecule has 222 valence electrons. The fraction of sp³-hybridized carbons (Fsp3) is 0.238. The fourth-order valence-corrected chi connectivity index (χ4v) is 9.09. The van der Waals surface area contributed by atoms with E-state index in [9.17, 15) is 5.26 Å². The zero-order valence-corrected chi connectivity index (χ0v) is 25.7. The molecule has 0 aliphatic heterocycles. The number of nitrogens with zero attached hydrogens (tertiary/aromatic N) is 4. The van der Waals surface area contributed by atoms with Crippen LogP contribution in [-0.4, -0.2) is 15.0 Å². The Kier molecular flexibility index (Phi) is 6.35. The Balaban J connectivity index is 1.06. The molecule has 4 heteroatoms. The lowest BCUT2D eigenvalue weighted by Crippen LogP contribution is -2.48. The largest absolute Gasteiger partial charge is 0.208 e. The maximum absolute atomic E-state index is 9.25. The van der Waals surface area contributed by atoms with Crippen LogP contribution in [0.3, 0.4) is 0 Å². The van der Waals surface area contributed by atoms with Gasteiger partial charge < -0.3 is 0 Å². The molecule has 4 fully saturated rings. The van der Waals surface area contributed by atoms with Crippen molar-refractivity contribution in [3.8, 4) is 51.4 Å². The molecule has 0 atom stereocenters. The third kappa shape index (κ3) is 4.79. The Labute approximate surface area is 269 Å². The van der Waals surface area contributed by atoms with Crippen LogP contribution in [0.25, 0.3) is 56.1 Å². The monoisotopic (exact) mass is 594 g/mol. The van der Waals surface area contributed by atoms with E-state index in [1.165, 1.54) is 44.1 Å². The van der Waals surface area contributed by atoms with E-state index in [1.54, 1.807) is 0 Å². The van der Waals surface area contributed by atoms with Gasteiger partial charge in [0.1, 0.15) is 0 Å². The van der Waals surface area contributed by atoms with Gasteiger partial charge in [0, 0.05) is 16.7 Å². The van der Waals surface area contributed by atoms with Gasteiger partial charge in [0.15, 0.2) is 17.5 Å². The first kappa shape index (κ1) is 27.2. The molecule has 0 saturated heterocycles. The third-order valence-corrected chi connectivity index (χ3v) is 10.9. The highest BCUT2D eigenvalue weighted by atomic mass is 15.0. The smallest absolute Gasteiger partial charge is 0.164 e. The molecule has 4 aliphatic carbocycles. The Morgan fingerprint density at radius 2 is 0.978 bits per heavy atom. The lowest BCUT2D eigenvalue weighted by molar-refractivity contribution is -0.00518. The first-order valence-corrected chi connectivity index (χ1v) is 16.6. The summed E-state index contributed by atoms with van der Waals surface area (Å²) in [6, 6.07) is 42.3. The maximum atomic E-state index is 9.25. The van der Waals surface area contributed by atoms with Crippen molar-refractivity contribution in [2.75, 3.05) is 0 Å². The molecule has 4 bridgehead atoms. The molecule has 10 rings (SSSR count). The molecule has 4 nitrogen and oxygen atoms in total. The molecule has 0 amide bonds. The van der Waals surface area contributed by atoms with Crippen molar-refractivity contribution in [3.05, 3.63) is 126 Å². The summed E-state index contributed by atoms with van der Waals surface area (Å²) >= 11 is 0. The number of benzene rings is 5. The molecule has 4 saturated carbocycles. The van der Waals surface area contributed by atoms with E-state index in [4.69, 9.17) is 15.0 Å². The summed E-state index contributed by atoms with van der Waals surface area (Å²) in [6.07, 6.45) is 8.47. The van der Waals surface area contributed by atoms with Crippen molar-refractivity contribution >= 4 is 10.8 Å². The highest BCUT2D eigenvalue weighted by molar-refractivity contribution is 5.88. The second-order valence-corrected chi connectivity index (χ2v) is 13.9. The van der Waals surface area contributed by atoms with Gasteiger partial charge in [-0.15, -0.1) is 0 Å². The molecular formula is C42H34N4. The number of rotatable bonds is 5. The molecule has 4 aliphatic rings. The van der Waals surface area contributed by atoms with Gasteiger partial charge >= 0.3 is 0 Å². The highest BCUT2D eigenvalue weighted by Crippen LogP contribution is 2.60. The van der Waals surface area contributed by atoms with Crippen molar-refractivity contribution < 1.29 is 0 Å². The van der Waals surface area contributed by atoms with Crippen molar-refractivity contribution in [2.24, 2.45) is 17.8 Å². The van der Waals surface area contributed by atoms with Crippen LogP contribution in [0, 0.1) is 29.1 Å². The third-order valence-electron chi connectivity index (χ3n) is 10.9. The normalized spacial score (nSPS) is 23.0. The van der Waals surface area contributed by atoms with Gasteiger partial charge in [-0.1, -0.05) is 97.1 Å². The number of nitriles is 1. The van der Waals surface area contributed by atoms with E-state index in [0.29, 0.717) is 28.5 Å². The number of hydrogen-bond donors (Lipinski definition) is 0. The molecule has 0 spiro atoms. The standard InChI is InChI=1S/C42H34N4/c43-26-27-6-7-37-22-36(13-12-35(37)21-27)31-8-10-33(11-9-31)40-44-39(32-4-2-1-3-5-32)45-41(46-40)34-14-16-38(17-15-34)42-23-28-18-29(24-42)20-30(19-28)25-42/h1-17,21-22,28-30H,18-20,23-25H2/t28-,29+,30-,42?. The van der Waals surface area contributed by atoms with Crippen molar-refractivity contribution in [1.29, 1.82) is 5.26 Å². The molecule has 5 aromatic carbocycles. The predicted molar refractivity (Wildman–Crippen MR) is 184 cm³/mol. The minimum atomic E-state index is 0.374. The summed E-state index contributed by atoms with van der Waals surface area (Å²) < 4.78 is 0. The van der Waals surface area contributed by atoms with Gasteiger partial charge in [-0.25, -0.2) is 15.0 Å². The Morgan fingerprint density at radius 1 is 0.500 bits per heavy atom. The van der Waals surface area contributed by atoms with Crippen LogP contribution in [0.2, 0.25) is 0 Å². The molecule has 1 heterocycles. The Hall–Kier alpha value is -5.14. The molecular weight excluding hydrogens is 560 g/mol. The molecule has 0 N–H and O–H groups in total. The quantitative estimate of drug-likeness (QED) is 0.199. The number of aromatic nitrogens is 3. The van der Waals surface area contributed by atoms with E-state index in [-0.39, 0.29) is 0 Å². The van der Waals surface area contributed by atoms with Gasteiger partial charge in [0.2, 0.25) is 0 Å². The topological polar surface area (TPSA) is 62.5 Å². The zero-order chi connectivity index (χ0) is 30.7. The van der Waals surface area contributed by atoms with Crippen molar-refractivity contribution in [1.82, 2.24) is 15.0 Å². The summed E-state index contributed by atoms with van der Waals surface area (Å²) in [5.41, 5.74) is 7.77. The molecule has 46 heavy (non-hydrogen) atoms. The minimum Gasteiger partial charge on any atom is -0.208 e. The number of hydrogen-bond acceptors (Lipinski definition) is 4. The summed E-state index contributed by atoms with van der Waals surface area (Å²) in [4.78, 5) is 15.0. The van der Waals surface area contributed by atoms with Crippen LogP contribution in [0.15, 0.2) is 115 Å². The first-order chi connectivity index (χ1) is 22.6. The SMILES string of the molecule is N#Cc1ccc2cc(-c3ccc(-c4nc(-c5ccccc5)nc(-c5ccc(C67C[C@H]8C[C@@H](C6)C[C@@H](C7)C8)cc5)n4)cc3)ccc2c1. The van der Waals surface area contributed by atoms with Gasteiger partial charge in [0.05, 0.1) is 11.6 Å². The second-order valence-electron chi connectivity index (χ2n) is 13.9.